The lowest BCUT2D eigenvalue weighted by Gasteiger charge is -2.10. The van der Waals surface area contributed by atoms with E-state index in [0.29, 0.717) is 26.5 Å². The maximum Gasteiger partial charge on any atom is 0.231 e. The van der Waals surface area contributed by atoms with Gasteiger partial charge in [0, 0.05) is 20.2 Å². The Balaban J connectivity index is 1.79. The van der Waals surface area contributed by atoms with E-state index in [0.717, 1.165) is 17.1 Å². The molecule has 0 spiro atoms. The fraction of sp³-hybridized carbons (Fsp3) is 0.500. The minimum Gasteiger partial charge on any atom is -0.454 e. The minimum atomic E-state index is -0.478. The topological polar surface area (TPSA) is 60.0 Å². The Hall–Kier alpha value is -1.30. The van der Waals surface area contributed by atoms with Crippen LogP contribution >= 0.6 is 0 Å². The van der Waals surface area contributed by atoms with Gasteiger partial charge in [-0.15, -0.1) is 0 Å². The standard InChI is InChI=1S/C12H17NO4/c1-15-7-10(14)6-13-5-9-2-3-11-12(4-9)17-8-16-11/h2-4,10,13-14H,5-8H2,1H3. The molecule has 1 aromatic rings. The number of fused-ring (bicyclic) bond motifs is 1. The number of ether oxygens (including phenoxy) is 3. The number of hydrogen-bond donors (Lipinski definition) is 2. The number of aliphatic hydroxyl groups excluding tert-OH is 1. The van der Waals surface area contributed by atoms with E-state index in [2.05, 4.69) is 5.32 Å². The largest absolute Gasteiger partial charge is 0.454 e. The molecule has 0 saturated heterocycles. The lowest BCUT2D eigenvalue weighted by atomic mass is 10.2. The smallest absolute Gasteiger partial charge is 0.231 e. The minimum absolute atomic E-state index is 0.290. The van der Waals surface area contributed by atoms with Crippen LogP contribution in [-0.4, -0.2) is 38.3 Å². The van der Waals surface area contributed by atoms with Gasteiger partial charge in [-0.1, -0.05) is 6.07 Å². The van der Waals surface area contributed by atoms with Gasteiger partial charge >= 0.3 is 0 Å². The number of rotatable bonds is 6. The summed E-state index contributed by atoms with van der Waals surface area (Å²) in [6, 6.07) is 5.81. The molecule has 5 nitrogen and oxygen atoms in total. The van der Waals surface area contributed by atoms with E-state index in [1.165, 1.54) is 0 Å². The average Bonchev–Trinajstić information content (AvgIpc) is 2.76. The van der Waals surface area contributed by atoms with Crippen LogP contribution in [0.5, 0.6) is 11.5 Å². The van der Waals surface area contributed by atoms with E-state index in [1.807, 2.05) is 18.2 Å². The first kappa shape index (κ1) is 12.2. The van der Waals surface area contributed by atoms with Crippen LogP contribution in [0.4, 0.5) is 0 Å². The van der Waals surface area contributed by atoms with Gasteiger partial charge in [-0.25, -0.2) is 0 Å². The second kappa shape index (κ2) is 5.86. The van der Waals surface area contributed by atoms with E-state index < -0.39 is 6.10 Å². The summed E-state index contributed by atoms with van der Waals surface area (Å²) in [6.07, 6.45) is -0.478. The molecule has 0 fully saturated rings. The van der Waals surface area contributed by atoms with Crippen LogP contribution in [0, 0.1) is 0 Å². The quantitative estimate of drug-likeness (QED) is 0.757. The zero-order valence-electron chi connectivity index (χ0n) is 9.81. The number of hydrogen-bond acceptors (Lipinski definition) is 5. The van der Waals surface area contributed by atoms with E-state index in [-0.39, 0.29) is 0 Å². The summed E-state index contributed by atoms with van der Waals surface area (Å²) in [5, 5.41) is 12.6. The molecule has 5 heteroatoms. The maximum atomic E-state index is 9.45. The molecule has 1 atom stereocenters. The van der Waals surface area contributed by atoms with Crippen LogP contribution in [0.2, 0.25) is 0 Å². The van der Waals surface area contributed by atoms with Crippen molar-refractivity contribution in [1.29, 1.82) is 0 Å². The highest BCUT2D eigenvalue weighted by atomic mass is 16.7. The molecule has 1 aliphatic heterocycles. The maximum absolute atomic E-state index is 9.45. The molecule has 17 heavy (non-hydrogen) atoms. The van der Waals surface area contributed by atoms with Crippen LogP contribution in [0.1, 0.15) is 5.56 Å². The zero-order valence-corrected chi connectivity index (χ0v) is 9.81. The van der Waals surface area contributed by atoms with Crippen LogP contribution in [0.25, 0.3) is 0 Å². The van der Waals surface area contributed by atoms with Crippen molar-refractivity contribution >= 4 is 0 Å². The molecular formula is C12H17NO4. The fourth-order valence-corrected chi connectivity index (χ4v) is 1.69. The lowest BCUT2D eigenvalue weighted by Crippen LogP contribution is -2.29. The van der Waals surface area contributed by atoms with Crippen molar-refractivity contribution in [3.05, 3.63) is 23.8 Å². The monoisotopic (exact) mass is 239 g/mol. The highest BCUT2D eigenvalue weighted by molar-refractivity contribution is 5.44. The second-order valence-corrected chi connectivity index (χ2v) is 3.93. The third kappa shape index (κ3) is 3.33. The summed E-state index contributed by atoms with van der Waals surface area (Å²) in [5.41, 5.74) is 1.10. The first-order valence-electron chi connectivity index (χ1n) is 5.56. The Morgan fingerprint density at radius 1 is 1.41 bits per heavy atom. The van der Waals surface area contributed by atoms with Crippen molar-refractivity contribution < 1.29 is 19.3 Å². The number of benzene rings is 1. The van der Waals surface area contributed by atoms with Crippen LogP contribution in [-0.2, 0) is 11.3 Å². The van der Waals surface area contributed by atoms with E-state index in [1.54, 1.807) is 7.11 Å². The summed E-state index contributed by atoms with van der Waals surface area (Å²) in [4.78, 5) is 0. The molecule has 1 aliphatic rings. The van der Waals surface area contributed by atoms with Gasteiger partial charge in [-0.3, -0.25) is 0 Å². The van der Waals surface area contributed by atoms with Gasteiger partial charge < -0.3 is 24.6 Å². The molecule has 2 rings (SSSR count). The van der Waals surface area contributed by atoms with Crippen molar-refractivity contribution in [2.45, 2.75) is 12.6 Å². The molecular weight excluding hydrogens is 222 g/mol. The van der Waals surface area contributed by atoms with Gasteiger partial charge in [0.15, 0.2) is 11.5 Å². The molecule has 0 bridgehead atoms. The van der Waals surface area contributed by atoms with Gasteiger partial charge in [-0.2, -0.15) is 0 Å². The normalized spacial score (nSPS) is 14.9. The van der Waals surface area contributed by atoms with Crippen molar-refractivity contribution in [3.8, 4) is 11.5 Å². The highest BCUT2D eigenvalue weighted by Crippen LogP contribution is 2.32. The van der Waals surface area contributed by atoms with E-state index in [4.69, 9.17) is 14.2 Å². The van der Waals surface area contributed by atoms with Crippen LogP contribution < -0.4 is 14.8 Å². The second-order valence-electron chi connectivity index (χ2n) is 3.93. The SMILES string of the molecule is COCC(O)CNCc1ccc2c(c1)OCO2. The molecule has 0 radical (unpaired) electrons. The molecule has 2 N–H and O–H groups in total. The first-order valence-corrected chi connectivity index (χ1v) is 5.56. The molecule has 1 aromatic carbocycles. The van der Waals surface area contributed by atoms with Crippen LogP contribution in [0.15, 0.2) is 18.2 Å². The highest BCUT2D eigenvalue weighted by Gasteiger charge is 2.13. The third-order valence-electron chi connectivity index (χ3n) is 2.51. The summed E-state index contributed by atoms with van der Waals surface area (Å²) in [6.45, 7) is 1.81. The van der Waals surface area contributed by atoms with Gasteiger partial charge in [0.05, 0.1) is 12.7 Å². The summed E-state index contributed by atoms with van der Waals surface area (Å²) in [7, 11) is 1.57. The van der Waals surface area contributed by atoms with Gasteiger partial charge in [0.2, 0.25) is 6.79 Å². The zero-order chi connectivity index (χ0) is 12.1. The Morgan fingerprint density at radius 2 is 2.24 bits per heavy atom. The molecule has 0 amide bonds. The predicted molar refractivity (Wildman–Crippen MR) is 62.2 cm³/mol. The number of nitrogens with one attached hydrogen (secondary N) is 1. The van der Waals surface area contributed by atoms with Gasteiger partial charge in [-0.05, 0) is 17.7 Å². The van der Waals surface area contributed by atoms with Crippen molar-refractivity contribution in [1.82, 2.24) is 5.32 Å². The summed E-state index contributed by atoms with van der Waals surface area (Å²) in [5.74, 6) is 1.56. The Bertz CT molecular complexity index is 370. The molecule has 1 heterocycles. The molecule has 0 saturated carbocycles. The van der Waals surface area contributed by atoms with Gasteiger partial charge in [0.25, 0.3) is 0 Å². The van der Waals surface area contributed by atoms with Crippen molar-refractivity contribution in [2.24, 2.45) is 0 Å². The third-order valence-corrected chi connectivity index (χ3v) is 2.51. The van der Waals surface area contributed by atoms with Crippen LogP contribution in [0.3, 0.4) is 0 Å². The first-order chi connectivity index (χ1) is 8.29. The molecule has 94 valence electrons. The molecule has 0 aromatic heterocycles. The lowest BCUT2D eigenvalue weighted by molar-refractivity contribution is 0.0644. The molecule has 1 unspecified atom stereocenters. The van der Waals surface area contributed by atoms with Gasteiger partial charge in [0.1, 0.15) is 0 Å². The number of aliphatic hydroxyl groups is 1. The molecule has 0 aliphatic carbocycles. The Morgan fingerprint density at radius 3 is 3.06 bits per heavy atom. The predicted octanol–water partition coefficient (Wildman–Crippen LogP) is 0.512. The van der Waals surface area contributed by atoms with Crippen molar-refractivity contribution in [2.75, 3.05) is 27.1 Å². The summed E-state index contributed by atoms with van der Waals surface area (Å²) >= 11 is 0. The van der Waals surface area contributed by atoms with E-state index in [9.17, 15) is 5.11 Å². The Labute approximate surface area is 100 Å². The fourth-order valence-electron chi connectivity index (χ4n) is 1.69. The average molecular weight is 239 g/mol. The van der Waals surface area contributed by atoms with Crippen molar-refractivity contribution in [3.63, 3.8) is 0 Å². The Kier molecular flexibility index (Phi) is 4.19. The number of methoxy groups -OCH3 is 1. The summed E-state index contributed by atoms with van der Waals surface area (Å²) < 4.78 is 15.4. The van der Waals surface area contributed by atoms with E-state index >= 15 is 0 Å².